The third kappa shape index (κ3) is 6.94. The molecule has 1 N–H and O–H groups in total. The molecule has 7 heteroatoms. The Morgan fingerprint density at radius 2 is 1.90 bits per heavy atom. The van der Waals surface area contributed by atoms with Gasteiger partial charge in [-0.15, -0.1) is 0 Å². The first-order valence-corrected chi connectivity index (χ1v) is 10.8. The van der Waals surface area contributed by atoms with E-state index in [-0.39, 0.29) is 17.9 Å². The normalized spacial score (nSPS) is 14.9. The van der Waals surface area contributed by atoms with E-state index in [1.165, 1.54) is 17.7 Å². The molecular formula is C24H32FN3O3. The van der Waals surface area contributed by atoms with Gasteiger partial charge in [-0.25, -0.2) is 9.18 Å². The van der Waals surface area contributed by atoms with E-state index in [0.29, 0.717) is 18.8 Å². The molecule has 0 aromatic heterocycles. The maximum absolute atomic E-state index is 13.5. The maximum Gasteiger partial charge on any atom is 0.322 e. The number of carbonyl (C=O) groups is 1. The molecule has 1 aliphatic heterocycles. The van der Waals surface area contributed by atoms with Crippen molar-refractivity contribution in [1.82, 2.24) is 9.80 Å². The molecule has 0 aliphatic carbocycles. The number of carbonyl (C=O) groups excluding carboxylic acids is 1. The van der Waals surface area contributed by atoms with Crippen molar-refractivity contribution in [1.29, 1.82) is 0 Å². The van der Waals surface area contributed by atoms with Gasteiger partial charge in [0.1, 0.15) is 11.6 Å². The zero-order chi connectivity index (χ0) is 22.1. The first-order chi connectivity index (χ1) is 15.1. The third-order valence-electron chi connectivity index (χ3n) is 5.75. The Morgan fingerprint density at radius 3 is 2.55 bits per heavy atom. The fourth-order valence-electron chi connectivity index (χ4n) is 3.94. The summed E-state index contributed by atoms with van der Waals surface area (Å²) in [4.78, 5) is 17.2. The largest absolute Gasteiger partial charge is 0.497 e. The molecule has 0 saturated carbocycles. The third-order valence-corrected chi connectivity index (χ3v) is 5.75. The molecule has 6 nitrogen and oxygen atoms in total. The molecule has 1 aliphatic rings. The average Bonchev–Trinajstić information content (AvgIpc) is 2.79. The van der Waals surface area contributed by atoms with Gasteiger partial charge < -0.3 is 24.6 Å². The van der Waals surface area contributed by atoms with Gasteiger partial charge in [0.15, 0.2) is 0 Å². The molecule has 2 aromatic carbocycles. The van der Waals surface area contributed by atoms with Crippen LogP contribution in [0.3, 0.4) is 0 Å². The van der Waals surface area contributed by atoms with Crippen LogP contribution in [-0.2, 0) is 11.2 Å². The molecule has 0 atom stereocenters. The minimum Gasteiger partial charge on any atom is -0.497 e. The SMILES string of the molecule is COCCN(C(=O)Nc1cccc(F)c1)C1CCN(CCc2ccc(OC)cc2)CC1. The van der Waals surface area contributed by atoms with Gasteiger partial charge in [0, 0.05) is 45.0 Å². The Hall–Kier alpha value is -2.64. The first-order valence-electron chi connectivity index (χ1n) is 10.8. The first kappa shape index (κ1) is 23.0. The monoisotopic (exact) mass is 429 g/mol. The van der Waals surface area contributed by atoms with Crippen LogP contribution in [0.4, 0.5) is 14.9 Å². The molecule has 31 heavy (non-hydrogen) atoms. The van der Waals surface area contributed by atoms with Crippen LogP contribution in [-0.4, -0.2) is 68.9 Å². The number of amides is 2. The number of urea groups is 1. The topological polar surface area (TPSA) is 54.0 Å². The highest BCUT2D eigenvalue weighted by atomic mass is 19.1. The molecule has 168 valence electrons. The van der Waals surface area contributed by atoms with Crippen molar-refractivity contribution in [2.75, 3.05) is 52.3 Å². The van der Waals surface area contributed by atoms with Crippen LogP contribution in [0.1, 0.15) is 18.4 Å². The van der Waals surface area contributed by atoms with Crippen molar-refractivity contribution < 1.29 is 18.7 Å². The number of ether oxygens (including phenoxy) is 2. The molecule has 0 radical (unpaired) electrons. The number of nitrogens with one attached hydrogen (secondary N) is 1. The summed E-state index contributed by atoms with van der Waals surface area (Å²) >= 11 is 0. The van der Waals surface area contributed by atoms with Crippen molar-refractivity contribution in [3.8, 4) is 5.75 Å². The lowest BCUT2D eigenvalue weighted by atomic mass is 10.0. The number of halogens is 1. The van der Waals surface area contributed by atoms with Crippen LogP contribution in [0.2, 0.25) is 0 Å². The van der Waals surface area contributed by atoms with E-state index in [0.717, 1.165) is 44.6 Å². The summed E-state index contributed by atoms with van der Waals surface area (Å²) in [5, 5.41) is 2.82. The van der Waals surface area contributed by atoms with Gasteiger partial charge >= 0.3 is 6.03 Å². The fourth-order valence-corrected chi connectivity index (χ4v) is 3.94. The van der Waals surface area contributed by atoms with Crippen molar-refractivity contribution >= 4 is 11.7 Å². The van der Waals surface area contributed by atoms with E-state index >= 15 is 0 Å². The second kappa shape index (κ2) is 11.7. The van der Waals surface area contributed by atoms with Gasteiger partial charge in [0.25, 0.3) is 0 Å². The van der Waals surface area contributed by atoms with Gasteiger partial charge in [-0.3, -0.25) is 0 Å². The van der Waals surface area contributed by atoms with Gasteiger partial charge in [-0.1, -0.05) is 18.2 Å². The van der Waals surface area contributed by atoms with Crippen LogP contribution in [0, 0.1) is 5.82 Å². The number of hydrogen-bond acceptors (Lipinski definition) is 4. The number of anilines is 1. The number of piperidine rings is 1. The van der Waals surface area contributed by atoms with E-state index in [1.807, 2.05) is 17.0 Å². The molecule has 2 amide bonds. The van der Waals surface area contributed by atoms with Crippen LogP contribution >= 0.6 is 0 Å². The Bertz CT molecular complexity index is 823. The van der Waals surface area contributed by atoms with Crippen molar-refractivity contribution in [2.24, 2.45) is 0 Å². The van der Waals surface area contributed by atoms with Crippen LogP contribution < -0.4 is 10.1 Å². The molecule has 2 aromatic rings. The maximum atomic E-state index is 13.5. The van der Waals surface area contributed by atoms with Crippen LogP contribution in [0.15, 0.2) is 48.5 Å². The standard InChI is InChI=1S/C24H32FN3O3/c1-30-17-16-28(24(29)26-21-5-3-4-20(25)18-21)22-11-14-27(15-12-22)13-10-19-6-8-23(31-2)9-7-19/h3-9,18,22H,10-17H2,1-2H3,(H,26,29). The number of hydrogen-bond donors (Lipinski definition) is 1. The minimum atomic E-state index is -0.369. The zero-order valence-electron chi connectivity index (χ0n) is 18.4. The molecular weight excluding hydrogens is 397 g/mol. The van der Waals surface area contributed by atoms with E-state index in [4.69, 9.17) is 9.47 Å². The summed E-state index contributed by atoms with van der Waals surface area (Å²) < 4.78 is 23.9. The average molecular weight is 430 g/mol. The number of benzene rings is 2. The highest BCUT2D eigenvalue weighted by Gasteiger charge is 2.27. The lowest BCUT2D eigenvalue weighted by molar-refractivity contribution is 0.101. The molecule has 0 bridgehead atoms. The van der Waals surface area contributed by atoms with Crippen LogP contribution in [0.5, 0.6) is 5.75 Å². The quantitative estimate of drug-likeness (QED) is 0.654. The lowest BCUT2D eigenvalue weighted by Gasteiger charge is -2.38. The number of nitrogens with zero attached hydrogens (tertiary/aromatic N) is 2. The van der Waals surface area contributed by atoms with E-state index < -0.39 is 0 Å². The van der Waals surface area contributed by atoms with E-state index in [1.54, 1.807) is 26.4 Å². The second-order valence-corrected chi connectivity index (χ2v) is 7.80. The molecule has 1 saturated heterocycles. The van der Waals surface area contributed by atoms with E-state index in [9.17, 15) is 9.18 Å². The van der Waals surface area contributed by atoms with Crippen LogP contribution in [0.25, 0.3) is 0 Å². The Labute approximate surface area is 183 Å². The molecule has 0 spiro atoms. The summed E-state index contributed by atoms with van der Waals surface area (Å²) in [7, 11) is 3.30. The second-order valence-electron chi connectivity index (χ2n) is 7.80. The summed E-state index contributed by atoms with van der Waals surface area (Å²) in [6.07, 6.45) is 2.80. The lowest BCUT2D eigenvalue weighted by Crippen LogP contribution is -2.50. The summed E-state index contributed by atoms with van der Waals surface area (Å²) in [5.41, 5.74) is 1.75. The smallest absolute Gasteiger partial charge is 0.322 e. The minimum absolute atomic E-state index is 0.140. The summed E-state index contributed by atoms with van der Waals surface area (Å²) in [5.74, 6) is 0.503. The highest BCUT2D eigenvalue weighted by Crippen LogP contribution is 2.20. The Kier molecular flexibility index (Phi) is 8.67. The molecule has 1 fully saturated rings. The molecule has 1 heterocycles. The zero-order valence-corrected chi connectivity index (χ0v) is 18.4. The molecule has 3 rings (SSSR count). The summed E-state index contributed by atoms with van der Waals surface area (Å²) in [6, 6.07) is 14.1. The van der Waals surface area contributed by atoms with Gasteiger partial charge in [-0.2, -0.15) is 0 Å². The van der Waals surface area contributed by atoms with Crippen molar-refractivity contribution in [2.45, 2.75) is 25.3 Å². The summed E-state index contributed by atoms with van der Waals surface area (Å²) in [6.45, 7) is 3.85. The number of likely N-dealkylation sites (tertiary alicyclic amines) is 1. The fraction of sp³-hybridized carbons (Fsp3) is 0.458. The Morgan fingerprint density at radius 1 is 1.16 bits per heavy atom. The van der Waals surface area contributed by atoms with Gasteiger partial charge in [0.2, 0.25) is 0 Å². The predicted octanol–water partition coefficient (Wildman–Crippen LogP) is 4.02. The number of rotatable bonds is 9. The number of methoxy groups -OCH3 is 2. The van der Waals surface area contributed by atoms with Crippen molar-refractivity contribution in [3.05, 3.63) is 59.9 Å². The Balaban J connectivity index is 1.51. The highest BCUT2D eigenvalue weighted by molar-refractivity contribution is 5.89. The molecule has 0 unspecified atom stereocenters. The van der Waals surface area contributed by atoms with Crippen molar-refractivity contribution in [3.63, 3.8) is 0 Å². The van der Waals surface area contributed by atoms with E-state index in [2.05, 4.69) is 22.3 Å². The predicted molar refractivity (Wildman–Crippen MR) is 120 cm³/mol. The van der Waals surface area contributed by atoms with Gasteiger partial charge in [-0.05, 0) is 55.2 Å². The van der Waals surface area contributed by atoms with Gasteiger partial charge in [0.05, 0.1) is 13.7 Å².